The lowest BCUT2D eigenvalue weighted by Crippen LogP contribution is -2.60. The molecule has 7 atom stereocenters. The number of hydrogen-bond donors (Lipinski definition) is 1. The molecule has 0 aromatic heterocycles. The lowest BCUT2D eigenvalue weighted by atomic mass is 9.66. The fourth-order valence-electron chi connectivity index (χ4n) is 7.12. The number of amides is 2. The van der Waals surface area contributed by atoms with Crippen LogP contribution < -0.4 is 0 Å². The van der Waals surface area contributed by atoms with Gasteiger partial charge in [-0.05, 0) is 45.1 Å². The molecule has 1 aromatic carbocycles. The highest BCUT2D eigenvalue weighted by Gasteiger charge is 2.79. The maximum atomic E-state index is 14.6. The third kappa shape index (κ3) is 4.93. The number of ether oxygens (including phenoxy) is 2. The molecule has 2 bridgehead atoms. The monoisotopic (exact) mass is 538 g/mol. The van der Waals surface area contributed by atoms with Crippen molar-refractivity contribution in [3.05, 3.63) is 61.2 Å². The number of aliphatic hydroxyl groups excluding tert-OH is 1. The van der Waals surface area contributed by atoms with E-state index in [-0.39, 0.29) is 31.1 Å². The first-order chi connectivity index (χ1) is 18.7. The van der Waals surface area contributed by atoms with Crippen LogP contribution in [0.25, 0.3) is 0 Å². The molecule has 8 nitrogen and oxygen atoms in total. The third-order valence-electron chi connectivity index (χ3n) is 8.81. The van der Waals surface area contributed by atoms with Gasteiger partial charge >= 0.3 is 5.97 Å². The Bertz CT molecular complexity index is 1090. The molecule has 0 radical (unpaired) electrons. The van der Waals surface area contributed by atoms with Gasteiger partial charge in [0.05, 0.1) is 24.2 Å². The summed E-state index contributed by atoms with van der Waals surface area (Å²) < 4.78 is 12.1. The summed E-state index contributed by atoms with van der Waals surface area (Å²) in [5.41, 5.74) is -1.17. The maximum Gasteiger partial charge on any atom is 0.313 e. The minimum Gasteiger partial charge on any atom is -0.461 e. The summed E-state index contributed by atoms with van der Waals surface area (Å²) in [4.78, 5) is 45.6. The minimum atomic E-state index is -1.18. The summed E-state index contributed by atoms with van der Waals surface area (Å²) in [6.45, 7) is 13.4. The van der Waals surface area contributed by atoms with Crippen LogP contribution in [-0.2, 0) is 30.3 Å². The van der Waals surface area contributed by atoms with E-state index >= 15 is 0 Å². The van der Waals surface area contributed by atoms with Crippen molar-refractivity contribution < 1.29 is 29.0 Å². The molecule has 2 amide bonds. The van der Waals surface area contributed by atoms with Gasteiger partial charge in [0.15, 0.2) is 0 Å². The summed E-state index contributed by atoms with van der Waals surface area (Å²) in [6.07, 6.45) is 6.22. The van der Waals surface area contributed by atoms with Crippen LogP contribution in [0.3, 0.4) is 0 Å². The number of likely N-dealkylation sites (tertiary alicyclic amines) is 1. The van der Waals surface area contributed by atoms with Crippen molar-refractivity contribution in [2.24, 2.45) is 11.8 Å². The second kappa shape index (κ2) is 11.6. The number of rotatable bonds is 13. The Hall–Kier alpha value is -2.97. The molecule has 0 aliphatic carbocycles. The van der Waals surface area contributed by atoms with Crippen molar-refractivity contribution in [1.82, 2.24) is 9.80 Å². The van der Waals surface area contributed by atoms with Gasteiger partial charge in [0, 0.05) is 12.6 Å². The lowest BCUT2D eigenvalue weighted by molar-refractivity contribution is -0.161. The van der Waals surface area contributed by atoms with Crippen LogP contribution in [0.1, 0.15) is 52.0 Å². The van der Waals surface area contributed by atoms with Crippen molar-refractivity contribution in [1.29, 1.82) is 0 Å². The number of carbonyl (C=O) groups excluding carboxylic acids is 3. The van der Waals surface area contributed by atoms with E-state index in [1.54, 1.807) is 11.0 Å². The number of nitrogens with zero attached hydrogens (tertiary/aromatic N) is 2. The Morgan fingerprint density at radius 2 is 1.97 bits per heavy atom. The van der Waals surface area contributed by atoms with E-state index in [2.05, 4.69) is 20.1 Å². The van der Waals surface area contributed by atoms with Gasteiger partial charge < -0.3 is 24.4 Å². The first-order valence-corrected chi connectivity index (χ1v) is 14.0. The van der Waals surface area contributed by atoms with Crippen molar-refractivity contribution >= 4 is 17.8 Å². The largest absolute Gasteiger partial charge is 0.461 e. The van der Waals surface area contributed by atoms with Crippen molar-refractivity contribution in [2.45, 2.75) is 82.2 Å². The fourth-order valence-corrected chi connectivity index (χ4v) is 7.12. The van der Waals surface area contributed by atoms with Crippen LogP contribution in [0.5, 0.6) is 0 Å². The Labute approximate surface area is 231 Å². The van der Waals surface area contributed by atoms with E-state index in [1.165, 1.54) is 11.0 Å². The molecule has 8 heteroatoms. The number of hydrogen-bond acceptors (Lipinski definition) is 6. The number of fused-ring (bicyclic) bond motifs is 1. The van der Waals surface area contributed by atoms with Gasteiger partial charge in [-0.3, -0.25) is 14.4 Å². The van der Waals surface area contributed by atoms with Gasteiger partial charge in [-0.2, -0.15) is 0 Å². The summed E-state index contributed by atoms with van der Waals surface area (Å²) in [7, 11) is 0. The predicted octanol–water partition coefficient (Wildman–Crippen LogP) is 3.29. The van der Waals surface area contributed by atoms with E-state index < -0.39 is 41.1 Å². The van der Waals surface area contributed by atoms with Crippen molar-refractivity contribution in [3.63, 3.8) is 0 Å². The van der Waals surface area contributed by atoms with Gasteiger partial charge in [0.1, 0.15) is 24.2 Å². The van der Waals surface area contributed by atoms with Crippen molar-refractivity contribution in [2.75, 3.05) is 19.8 Å². The van der Waals surface area contributed by atoms with Gasteiger partial charge in [0.2, 0.25) is 11.8 Å². The number of carbonyl (C=O) groups is 3. The first-order valence-electron chi connectivity index (χ1n) is 14.0. The summed E-state index contributed by atoms with van der Waals surface area (Å²) in [5.74, 6) is -2.82. The average Bonchev–Trinajstić information content (AvgIpc) is 3.50. The fraction of sp³-hybridized carbons (Fsp3) is 0.581. The highest BCUT2D eigenvalue weighted by atomic mass is 16.6. The van der Waals surface area contributed by atoms with E-state index in [9.17, 15) is 19.5 Å². The second-order valence-corrected chi connectivity index (χ2v) is 11.3. The molecule has 39 heavy (non-hydrogen) atoms. The second-order valence-electron chi connectivity index (χ2n) is 11.3. The number of benzene rings is 1. The summed E-state index contributed by atoms with van der Waals surface area (Å²) >= 11 is 0. The quantitative estimate of drug-likeness (QED) is 0.306. The smallest absolute Gasteiger partial charge is 0.313 e. The Morgan fingerprint density at radius 1 is 1.26 bits per heavy atom. The molecule has 3 unspecified atom stereocenters. The van der Waals surface area contributed by atoms with E-state index in [0.717, 1.165) is 18.4 Å². The summed E-state index contributed by atoms with van der Waals surface area (Å²) in [6, 6.07) is 7.86. The zero-order valence-corrected chi connectivity index (χ0v) is 23.4. The van der Waals surface area contributed by atoms with Gasteiger partial charge in [-0.1, -0.05) is 62.4 Å². The van der Waals surface area contributed by atoms with Crippen LogP contribution in [0.15, 0.2) is 55.6 Å². The van der Waals surface area contributed by atoms with Crippen LogP contribution in [0.4, 0.5) is 0 Å². The standard InChI is InChI=1S/C31H42N2O6/c1-6-12-21(4)32(17-7-2)28(36)26-31-16-15-30(5,39-31)25(29(37)38-18-8-3)24(31)27(35)33(26)23(20-34)19-22-13-10-9-11-14-22/h7-11,13-14,21,23-26,34H,2-3,6,12,15-20H2,1,4-5H3/t21?,23-,24+,25-,26?,30+,31?/m1/s1. The molecular weight excluding hydrogens is 496 g/mol. The molecule has 4 rings (SSSR count). The van der Waals surface area contributed by atoms with Gasteiger partial charge in [-0.25, -0.2) is 0 Å². The molecule has 3 fully saturated rings. The van der Waals surface area contributed by atoms with E-state index in [0.29, 0.717) is 25.8 Å². The lowest BCUT2D eigenvalue weighted by Gasteiger charge is -2.41. The molecule has 1 N–H and O–H groups in total. The highest BCUT2D eigenvalue weighted by Crippen LogP contribution is 2.63. The van der Waals surface area contributed by atoms with Crippen LogP contribution in [0.2, 0.25) is 0 Å². The third-order valence-corrected chi connectivity index (χ3v) is 8.81. The highest BCUT2D eigenvalue weighted by molar-refractivity contribution is 5.99. The Balaban J connectivity index is 1.81. The van der Waals surface area contributed by atoms with E-state index in [1.807, 2.05) is 44.2 Å². The topological polar surface area (TPSA) is 96.4 Å². The zero-order valence-electron chi connectivity index (χ0n) is 23.4. The minimum absolute atomic E-state index is 0.0281. The molecule has 1 spiro atoms. The molecular formula is C31H42N2O6. The molecule has 3 aliphatic rings. The normalized spacial score (nSPS) is 30.5. The summed E-state index contributed by atoms with van der Waals surface area (Å²) in [5, 5.41) is 10.6. The maximum absolute atomic E-state index is 14.6. The SMILES string of the molecule is C=CCOC(=O)[C@H]1[C@H]2C(=O)N([C@@H](CO)Cc3ccccc3)C(C(=O)N(CC=C)C(C)CCC)C23CC[C@]1(C)O3. The number of aliphatic hydroxyl groups is 1. The molecule has 0 saturated carbocycles. The van der Waals surface area contributed by atoms with Crippen LogP contribution in [0, 0.1) is 11.8 Å². The molecule has 212 valence electrons. The van der Waals surface area contributed by atoms with Crippen LogP contribution >= 0.6 is 0 Å². The Kier molecular flexibility index (Phi) is 8.66. The van der Waals surface area contributed by atoms with E-state index in [4.69, 9.17) is 9.47 Å². The van der Waals surface area contributed by atoms with Gasteiger partial charge in [-0.15, -0.1) is 6.58 Å². The average molecular weight is 539 g/mol. The predicted molar refractivity (Wildman–Crippen MR) is 148 cm³/mol. The zero-order chi connectivity index (χ0) is 28.4. The van der Waals surface area contributed by atoms with Crippen molar-refractivity contribution in [3.8, 4) is 0 Å². The molecule has 1 aromatic rings. The number of esters is 1. The van der Waals surface area contributed by atoms with Crippen LogP contribution in [-0.4, -0.2) is 81.8 Å². The van der Waals surface area contributed by atoms with Gasteiger partial charge in [0.25, 0.3) is 0 Å². The molecule has 3 aliphatic heterocycles. The molecule has 3 heterocycles. The first kappa shape index (κ1) is 29.0. The molecule has 3 saturated heterocycles. The Morgan fingerprint density at radius 3 is 2.59 bits per heavy atom.